The van der Waals surface area contributed by atoms with Gasteiger partial charge in [0.15, 0.2) is 18.1 Å². The SMILES string of the molecule is COC(=O)c1ccc(/C=N/OCC(=O)NCc2ccc(OC)c(OC)c2)cc1. The molecule has 0 saturated heterocycles. The lowest BCUT2D eigenvalue weighted by molar-refractivity contribution is -0.125. The summed E-state index contributed by atoms with van der Waals surface area (Å²) in [6.07, 6.45) is 1.45. The summed E-state index contributed by atoms with van der Waals surface area (Å²) in [5.74, 6) is 0.488. The van der Waals surface area contributed by atoms with Crippen LogP contribution in [-0.4, -0.2) is 46.0 Å². The van der Waals surface area contributed by atoms with Gasteiger partial charge in [0.2, 0.25) is 0 Å². The summed E-state index contributed by atoms with van der Waals surface area (Å²) in [5, 5.41) is 6.47. The van der Waals surface area contributed by atoms with Crippen LogP contribution in [0.5, 0.6) is 11.5 Å². The highest BCUT2D eigenvalue weighted by atomic mass is 16.6. The minimum Gasteiger partial charge on any atom is -0.493 e. The predicted octanol–water partition coefficient (Wildman–Crippen LogP) is 2.16. The second kappa shape index (κ2) is 10.6. The molecule has 0 aliphatic carbocycles. The summed E-state index contributed by atoms with van der Waals surface area (Å²) in [4.78, 5) is 28.2. The quantitative estimate of drug-likeness (QED) is 0.403. The van der Waals surface area contributed by atoms with Crippen molar-refractivity contribution in [1.29, 1.82) is 0 Å². The van der Waals surface area contributed by atoms with Crippen molar-refractivity contribution in [3.05, 3.63) is 59.2 Å². The van der Waals surface area contributed by atoms with Crippen LogP contribution >= 0.6 is 0 Å². The third-order valence-corrected chi connectivity index (χ3v) is 3.74. The zero-order chi connectivity index (χ0) is 20.4. The molecule has 0 spiro atoms. The standard InChI is InChI=1S/C20H22N2O6/c1-25-17-9-6-15(10-18(17)26-2)11-21-19(23)13-28-22-12-14-4-7-16(8-5-14)20(24)27-3/h4-10,12H,11,13H2,1-3H3,(H,21,23)/b22-12+. The lowest BCUT2D eigenvalue weighted by Crippen LogP contribution is -2.26. The smallest absolute Gasteiger partial charge is 0.337 e. The maximum atomic E-state index is 11.8. The summed E-state index contributed by atoms with van der Waals surface area (Å²) in [6.45, 7) is 0.102. The molecule has 148 valence electrons. The average Bonchev–Trinajstić information content (AvgIpc) is 2.74. The van der Waals surface area contributed by atoms with Gasteiger partial charge in [-0.05, 0) is 35.4 Å². The second-order valence-electron chi connectivity index (χ2n) is 5.59. The third-order valence-electron chi connectivity index (χ3n) is 3.74. The van der Waals surface area contributed by atoms with Gasteiger partial charge in [-0.15, -0.1) is 0 Å². The molecule has 0 aliphatic rings. The minimum absolute atomic E-state index is 0.218. The van der Waals surface area contributed by atoms with E-state index in [4.69, 9.17) is 14.3 Å². The van der Waals surface area contributed by atoms with Crippen LogP contribution in [0.1, 0.15) is 21.5 Å². The average molecular weight is 386 g/mol. The van der Waals surface area contributed by atoms with Gasteiger partial charge in [0.05, 0.1) is 33.1 Å². The van der Waals surface area contributed by atoms with Crippen molar-refractivity contribution in [2.75, 3.05) is 27.9 Å². The number of oxime groups is 1. The lowest BCUT2D eigenvalue weighted by atomic mass is 10.1. The highest BCUT2D eigenvalue weighted by molar-refractivity contribution is 5.90. The third kappa shape index (κ3) is 6.01. The van der Waals surface area contributed by atoms with E-state index >= 15 is 0 Å². The first-order valence-corrected chi connectivity index (χ1v) is 8.38. The fourth-order valence-corrected chi connectivity index (χ4v) is 2.26. The Bertz CT molecular complexity index is 833. The Labute approximate surface area is 163 Å². The highest BCUT2D eigenvalue weighted by Crippen LogP contribution is 2.27. The molecule has 0 heterocycles. The Morgan fingerprint density at radius 1 is 1.00 bits per heavy atom. The highest BCUT2D eigenvalue weighted by Gasteiger charge is 2.07. The minimum atomic E-state index is -0.411. The van der Waals surface area contributed by atoms with Gasteiger partial charge in [-0.25, -0.2) is 4.79 Å². The van der Waals surface area contributed by atoms with Crippen molar-refractivity contribution in [3.63, 3.8) is 0 Å². The number of benzene rings is 2. The Balaban J connectivity index is 1.76. The van der Waals surface area contributed by atoms with Crippen molar-refractivity contribution < 1.29 is 28.6 Å². The molecule has 8 heteroatoms. The van der Waals surface area contributed by atoms with Gasteiger partial charge < -0.3 is 24.4 Å². The first kappa shape index (κ1) is 20.8. The van der Waals surface area contributed by atoms with E-state index in [0.717, 1.165) is 11.1 Å². The first-order valence-electron chi connectivity index (χ1n) is 8.38. The predicted molar refractivity (Wildman–Crippen MR) is 103 cm³/mol. The number of hydrogen-bond donors (Lipinski definition) is 1. The van der Waals surface area contributed by atoms with Crippen molar-refractivity contribution in [2.45, 2.75) is 6.54 Å². The van der Waals surface area contributed by atoms with Crippen molar-refractivity contribution in [3.8, 4) is 11.5 Å². The Hall–Kier alpha value is -3.55. The van der Waals surface area contributed by atoms with Crippen LogP contribution in [0, 0.1) is 0 Å². The van der Waals surface area contributed by atoms with Gasteiger partial charge in [-0.1, -0.05) is 23.4 Å². The molecule has 2 aromatic carbocycles. The normalized spacial score (nSPS) is 10.4. The molecule has 1 N–H and O–H groups in total. The maximum Gasteiger partial charge on any atom is 0.337 e. The topological polar surface area (TPSA) is 95.5 Å². The molecule has 1 amide bonds. The molecule has 0 saturated carbocycles. The number of esters is 1. The molecular weight excluding hydrogens is 364 g/mol. The Kier molecular flexibility index (Phi) is 7.83. The molecule has 2 aromatic rings. The number of hydrogen-bond acceptors (Lipinski definition) is 7. The molecule has 0 bridgehead atoms. The fourth-order valence-electron chi connectivity index (χ4n) is 2.26. The van der Waals surface area contributed by atoms with Gasteiger partial charge in [0.25, 0.3) is 5.91 Å². The molecule has 8 nitrogen and oxygen atoms in total. The van der Waals surface area contributed by atoms with Crippen LogP contribution < -0.4 is 14.8 Å². The number of nitrogens with one attached hydrogen (secondary N) is 1. The maximum absolute atomic E-state index is 11.8. The van der Waals surface area contributed by atoms with E-state index in [-0.39, 0.29) is 12.5 Å². The molecule has 0 unspecified atom stereocenters. The summed E-state index contributed by atoms with van der Waals surface area (Å²) >= 11 is 0. The number of amides is 1. The van der Waals surface area contributed by atoms with Gasteiger partial charge in [0.1, 0.15) is 0 Å². The number of rotatable bonds is 9. The van der Waals surface area contributed by atoms with E-state index in [0.29, 0.717) is 23.6 Å². The largest absolute Gasteiger partial charge is 0.493 e. The summed E-state index contributed by atoms with van der Waals surface area (Å²) < 4.78 is 15.0. The number of methoxy groups -OCH3 is 3. The van der Waals surface area contributed by atoms with Crippen molar-refractivity contribution in [1.82, 2.24) is 5.32 Å². The molecule has 0 aliphatic heterocycles. The Morgan fingerprint density at radius 3 is 2.36 bits per heavy atom. The first-order chi connectivity index (χ1) is 13.6. The summed E-state index contributed by atoms with van der Waals surface area (Å²) in [6, 6.07) is 12.0. The molecule has 0 atom stereocenters. The molecule has 28 heavy (non-hydrogen) atoms. The van der Waals surface area contributed by atoms with Gasteiger partial charge in [0, 0.05) is 6.54 Å². The van der Waals surface area contributed by atoms with Crippen LogP contribution in [0.2, 0.25) is 0 Å². The van der Waals surface area contributed by atoms with Gasteiger partial charge in [-0.3, -0.25) is 4.79 Å². The van der Waals surface area contributed by atoms with Crippen LogP contribution in [0.4, 0.5) is 0 Å². The van der Waals surface area contributed by atoms with E-state index in [9.17, 15) is 9.59 Å². The number of carbonyl (C=O) groups is 2. The van der Waals surface area contributed by atoms with E-state index < -0.39 is 5.97 Å². The number of nitrogens with zero attached hydrogens (tertiary/aromatic N) is 1. The van der Waals surface area contributed by atoms with E-state index in [1.165, 1.54) is 13.3 Å². The van der Waals surface area contributed by atoms with Crippen LogP contribution in [-0.2, 0) is 20.9 Å². The zero-order valence-corrected chi connectivity index (χ0v) is 15.9. The zero-order valence-electron chi connectivity index (χ0n) is 15.9. The van der Waals surface area contributed by atoms with E-state index in [2.05, 4.69) is 15.2 Å². The molecular formula is C20H22N2O6. The summed E-state index contributed by atoms with van der Waals surface area (Å²) in [5.41, 5.74) is 2.02. The van der Waals surface area contributed by atoms with Gasteiger partial charge >= 0.3 is 5.97 Å². The molecule has 0 radical (unpaired) electrons. The summed E-state index contributed by atoms with van der Waals surface area (Å²) in [7, 11) is 4.43. The Morgan fingerprint density at radius 2 is 1.71 bits per heavy atom. The monoisotopic (exact) mass is 386 g/mol. The van der Waals surface area contributed by atoms with Crippen LogP contribution in [0.15, 0.2) is 47.6 Å². The van der Waals surface area contributed by atoms with Gasteiger partial charge in [-0.2, -0.15) is 0 Å². The molecule has 0 aromatic heterocycles. The van der Waals surface area contributed by atoms with Crippen molar-refractivity contribution in [2.24, 2.45) is 5.16 Å². The van der Waals surface area contributed by atoms with E-state index in [1.807, 2.05) is 6.07 Å². The fraction of sp³-hybridized carbons (Fsp3) is 0.250. The lowest BCUT2D eigenvalue weighted by Gasteiger charge is -2.10. The molecule has 0 fully saturated rings. The second-order valence-corrected chi connectivity index (χ2v) is 5.59. The van der Waals surface area contributed by atoms with E-state index in [1.54, 1.807) is 50.6 Å². The molecule has 2 rings (SSSR count). The van der Waals surface area contributed by atoms with Crippen LogP contribution in [0.3, 0.4) is 0 Å². The van der Waals surface area contributed by atoms with Crippen LogP contribution in [0.25, 0.3) is 0 Å². The number of ether oxygens (including phenoxy) is 3. The number of carbonyl (C=O) groups excluding carboxylic acids is 2. The van der Waals surface area contributed by atoms with Crippen molar-refractivity contribution >= 4 is 18.1 Å².